The lowest BCUT2D eigenvalue weighted by Crippen LogP contribution is -2.25. The van der Waals surface area contributed by atoms with Gasteiger partial charge in [-0.05, 0) is 130 Å². The van der Waals surface area contributed by atoms with Gasteiger partial charge in [-0.3, -0.25) is 0 Å². The van der Waals surface area contributed by atoms with E-state index in [9.17, 15) is 8.78 Å². The Morgan fingerprint density at radius 1 is 0.676 bits per heavy atom. The quantitative estimate of drug-likeness (QED) is 0.331. The first-order chi connectivity index (χ1) is 16.6. The summed E-state index contributed by atoms with van der Waals surface area (Å²) in [5.74, 6) is 3.31. The van der Waals surface area contributed by atoms with Crippen LogP contribution in [0.5, 0.6) is 0 Å². The molecule has 3 saturated carbocycles. The molecule has 0 bridgehead atoms. The summed E-state index contributed by atoms with van der Waals surface area (Å²) in [5, 5.41) is 0. The van der Waals surface area contributed by atoms with Crippen LogP contribution in [0.15, 0.2) is 24.3 Å². The molecule has 0 aromatic heterocycles. The average Bonchev–Trinajstić information content (AvgIpc) is 2.87. The normalized spacial score (nSPS) is 32.8. The van der Waals surface area contributed by atoms with Crippen molar-refractivity contribution in [2.24, 2.45) is 29.6 Å². The fourth-order valence-corrected chi connectivity index (χ4v) is 7.48. The Kier molecular flexibility index (Phi) is 9.66. The number of rotatable bonds is 8. The largest absolute Gasteiger partial charge is 0.203 e. The van der Waals surface area contributed by atoms with Gasteiger partial charge in [-0.25, -0.2) is 8.78 Å². The number of aryl methyl sites for hydroxylation is 1. The maximum absolute atomic E-state index is 14.7. The van der Waals surface area contributed by atoms with E-state index in [1.54, 1.807) is 0 Å². The molecule has 1 aromatic carbocycles. The lowest BCUT2D eigenvalue weighted by atomic mass is 9.68. The van der Waals surface area contributed by atoms with Crippen molar-refractivity contribution in [3.63, 3.8) is 0 Å². The Morgan fingerprint density at radius 3 is 1.79 bits per heavy atom. The van der Waals surface area contributed by atoms with Gasteiger partial charge in [0.15, 0.2) is 11.6 Å². The standard InChI is InChI=1S/C32H48F2/c1-3-5-23-7-9-24(10-8-23)11-12-25-13-15-26(16-14-25)27-17-19-28(20-18-27)30-22-21-29(6-4-2)31(33)32(30)34/h11-12,21-28H,3-10,13-20H2,1-2H3/b12-11+. The first-order valence-corrected chi connectivity index (χ1v) is 14.7. The number of benzene rings is 1. The van der Waals surface area contributed by atoms with Crippen LogP contribution in [-0.4, -0.2) is 0 Å². The van der Waals surface area contributed by atoms with Crippen LogP contribution in [0.2, 0.25) is 0 Å². The van der Waals surface area contributed by atoms with Gasteiger partial charge in [0, 0.05) is 0 Å². The fourth-order valence-electron chi connectivity index (χ4n) is 7.48. The summed E-state index contributed by atoms with van der Waals surface area (Å²) in [6.07, 6.45) is 25.0. The zero-order valence-electron chi connectivity index (χ0n) is 21.8. The molecule has 0 unspecified atom stereocenters. The third-order valence-corrected chi connectivity index (χ3v) is 9.65. The van der Waals surface area contributed by atoms with Crippen LogP contribution >= 0.6 is 0 Å². The molecule has 2 heteroatoms. The molecule has 1 aromatic rings. The van der Waals surface area contributed by atoms with Crippen LogP contribution < -0.4 is 0 Å². The van der Waals surface area contributed by atoms with Crippen molar-refractivity contribution in [3.8, 4) is 0 Å². The summed E-state index contributed by atoms with van der Waals surface area (Å²) in [6.45, 7) is 4.33. The van der Waals surface area contributed by atoms with Crippen molar-refractivity contribution in [1.82, 2.24) is 0 Å². The topological polar surface area (TPSA) is 0 Å². The maximum atomic E-state index is 14.7. The molecule has 4 rings (SSSR count). The van der Waals surface area contributed by atoms with Crippen molar-refractivity contribution in [1.29, 1.82) is 0 Å². The van der Waals surface area contributed by atoms with E-state index in [1.807, 2.05) is 19.1 Å². The second kappa shape index (κ2) is 12.7. The molecule has 3 fully saturated rings. The summed E-state index contributed by atoms with van der Waals surface area (Å²) >= 11 is 0. The van der Waals surface area contributed by atoms with Crippen LogP contribution in [0.3, 0.4) is 0 Å². The number of allylic oxidation sites excluding steroid dienone is 2. The number of hydrogen-bond donors (Lipinski definition) is 0. The lowest BCUT2D eigenvalue weighted by molar-refractivity contribution is 0.170. The van der Waals surface area contributed by atoms with Crippen LogP contribution in [0.1, 0.15) is 127 Å². The van der Waals surface area contributed by atoms with E-state index >= 15 is 0 Å². The molecule has 0 aliphatic heterocycles. The molecule has 0 nitrogen and oxygen atoms in total. The van der Waals surface area contributed by atoms with Gasteiger partial charge < -0.3 is 0 Å². The van der Waals surface area contributed by atoms with Crippen LogP contribution in [-0.2, 0) is 6.42 Å². The molecule has 0 amide bonds. The van der Waals surface area contributed by atoms with E-state index < -0.39 is 11.6 Å². The van der Waals surface area contributed by atoms with Crippen molar-refractivity contribution in [3.05, 3.63) is 47.0 Å². The van der Waals surface area contributed by atoms with E-state index in [-0.39, 0.29) is 5.92 Å². The first kappa shape index (κ1) is 25.9. The third-order valence-electron chi connectivity index (χ3n) is 9.65. The summed E-state index contributed by atoms with van der Waals surface area (Å²) in [4.78, 5) is 0. The lowest BCUT2D eigenvalue weighted by Gasteiger charge is -2.37. The van der Waals surface area contributed by atoms with Crippen LogP contribution in [0.25, 0.3) is 0 Å². The molecule has 0 radical (unpaired) electrons. The summed E-state index contributed by atoms with van der Waals surface area (Å²) in [6, 6.07) is 3.71. The Labute approximate surface area is 208 Å². The van der Waals surface area contributed by atoms with Gasteiger partial charge in [-0.1, -0.05) is 57.4 Å². The zero-order valence-corrected chi connectivity index (χ0v) is 21.8. The predicted molar refractivity (Wildman–Crippen MR) is 140 cm³/mol. The molecule has 3 aliphatic rings. The summed E-state index contributed by atoms with van der Waals surface area (Å²) in [7, 11) is 0. The molecule has 0 heterocycles. The predicted octanol–water partition coefficient (Wildman–Crippen LogP) is 10.2. The van der Waals surface area contributed by atoms with E-state index in [0.29, 0.717) is 17.5 Å². The molecule has 190 valence electrons. The van der Waals surface area contributed by atoms with Gasteiger partial charge in [-0.2, -0.15) is 0 Å². The molecular formula is C32H48F2. The molecule has 3 aliphatic carbocycles. The Hall–Kier alpha value is -1.18. The maximum Gasteiger partial charge on any atom is 0.162 e. The zero-order chi connectivity index (χ0) is 23.9. The Morgan fingerprint density at radius 2 is 1.24 bits per heavy atom. The van der Waals surface area contributed by atoms with Gasteiger partial charge >= 0.3 is 0 Å². The molecule has 0 N–H and O–H groups in total. The highest BCUT2D eigenvalue weighted by atomic mass is 19.2. The highest BCUT2D eigenvalue weighted by Crippen LogP contribution is 2.45. The Balaban J connectivity index is 1.20. The van der Waals surface area contributed by atoms with Crippen LogP contribution in [0, 0.1) is 41.2 Å². The Bertz CT molecular complexity index is 772. The fraction of sp³-hybridized carbons (Fsp3) is 0.750. The summed E-state index contributed by atoms with van der Waals surface area (Å²) in [5.41, 5.74) is 1.17. The summed E-state index contributed by atoms with van der Waals surface area (Å²) < 4.78 is 29.2. The smallest absolute Gasteiger partial charge is 0.162 e. The highest BCUT2D eigenvalue weighted by Gasteiger charge is 2.32. The second-order valence-corrected chi connectivity index (χ2v) is 11.9. The van der Waals surface area contributed by atoms with Gasteiger partial charge in [0.25, 0.3) is 0 Å². The molecular weight excluding hydrogens is 422 g/mol. The first-order valence-electron chi connectivity index (χ1n) is 14.7. The van der Waals surface area contributed by atoms with Crippen molar-refractivity contribution < 1.29 is 8.78 Å². The molecule has 0 spiro atoms. The SMILES string of the molecule is CCCc1ccc(C2CCC(C3CCC(/C=C/C4CCC(CCC)CC4)CC3)CC2)c(F)c1F. The van der Waals surface area contributed by atoms with Crippen molar-refractivity contribution >= 4 is 0 Å². The third kappa shape index (κ3) is 6.52. The van der Waals surface area contributed by atoms with E-state index in [1.165, 1.54) is 77.0 Å². The van der Waals surface area contributed by atoms with Gasteiger partial charge in [-0.15, -0.1) is 0 Å². The van der Waals surface area contributed by atoms with Crippen molar-refractivity contribution in [2.75, 3.05) is 0 Å². The highest BCUT2D eigenvalue weighted by molar-refractivity contribution is 5.29. The van der Waals surface area contributed by atoms with E-state index in [4.69, 9.17) is 0 Å². The van der Waals surface area contributed by atoms with E-state index in [0.717, 1.165) is 48.9 Å². The number of halogens is 2. The molecule has 0 atom stereocenters. The van der Waals surface area contributed by atoms with Gasteiger partial charge in [0.2, 0.25) is 0 Å². The van der Waals surface area contributed by atoms with Crippen molar-refractivity contribution in [2.45, 2.75) is 122 Å². The molecule has 34 heavy (non-hydrogen) atoms. The monoisotopic (exact) mass is 470 g/mol. The van der Waals surface area contributed by atoms with E-state index in [2.05, 4.69) is 19.1 Å². The number of hydrogen-bond acceptors (Lipinski definition) is 0. The average molecular weight is 471 g/mol. The minimum absolute atomic E-state index is 0.202. The van der Waals surface area contributed by atoms with Gasteiger partial charge in [0.05, 0.1) is 0 Å². The van der Waals surface area contributed by atoms with Crippen LogP contribution in [0.4, 0.5) is 8.78 Å². The minimum atomic E-state index is -0.596. The molecule has 0 saturated heterocycles. The second-order valence-electron chi connectivity index (χ2n) is 11.9. The van der Waals surface area contributed by atoms with Gasteiger partial charge in [0.1, 0.15) is 0 Å². The minimum Gasteiger partial charge on any atom is -0.203 e.